The first-order valence-electron chi connectivity index (χ1n) is 5.58. The van der Waals surface area contributed by atoms with Gasteiger partial charge in [0.1, 0.15) is 0 Å². The van der Waals surface area contributed by atoms with Crippen molar-refractivity contribution in [3.05, 3.63) is 42.5 Å². The van der Waals surface area contributed by atoms with Crippen LogP contribution in [0.3, 0.4) is 0 Å². The normalized spacial score (nSPS) is 10.8. The van der Waals surface area contributed by atoms with Crippen LogP contribution >= 0.6 is 27.7 Å². The zero-order valence-electron chi connectivity index (χ0n) is 9.16. The Hall–Kier alpha value is -0.470. The van der Waals surface area contributed by atoms with Crippen LogP contribution in [0, 0.1) is 0 Å². The smallest absolute Gasteiger partial charge is 0.00783 e. The number of hydrogen-bond acceptors (Lipinski definition) is 1. The lowest BCUT2D eigenvalue weighted by molar-refractivity contribution is 0.913. The maximum absolute atomic E-state index is 3.46. The number of hydrogen-bond donors (Lipinski definition) is 0. The molecule has 0 spiro atoms. The van der Waals surface area contributed by atoms with Crippen LogP contribution in [0.25, 0.3) is 10.8 Å². The van der Waals surface area contributed by atoms with Crippen LogP contribution < -0.4 is 0 Å². The van der Waals surface area contributed by atoms with Gasteiger partial charge in [0, 0.05) is 10.2 Å². The van der Waals surface area contributed by atoms with Crippen molar-refractivity contribution in [3.63, 3.8) is 0 Å². The number of unbranched alkanes of at least 4 members (excludes halogenated alkanes) is 1. The van der Waals surface area contributed by atoms with E-state index in [4.69, 9.17) is 0 Å². The van der Waals surface area contributed by atoms with Crippen molar-refractivity contribution in [2.75, 3.05) is 11.1 Å². The Morgan fingerprint density at radius 1 is 0.938 bits per heavy atom. The Labute approximate surface area is 110 Å². The largest absolute Gasteiger partial charge is 0.126 e. The molecule has 0 radical (unpaired) electrons. The molecule has 0 saturated heterocycles. The fourth-order valence-corrected chi connectivity index (χ4v) is 3.00. The van der Waals surface area contributed by atoms with Gasteiger partial charge in [0.05, 0.1) is 0 Å². The second-order valence-electron chi connectivity index (χ2n) is 3.75. The highest BCUT2D eigenvalue weighted by Gasteiger charge is 1.96. The third kappa shape index (κ3) is 3.26. The zero-order chi connectivity index (χ0) is 11.2. The summed E-state index contributed by atoms with van der Waals surface area (Å²) in [6.07, 6.45) is 2.54. The highest BCUT2D eigenvalue weighted by atomic mass is 79.9. The molecule has 0 amide bonds. The first kappa shape index (κ1) is 12.0. The quantitative estimate of drug-likeness (QED) is 0.420. The van der Waals surface area contributed by atoms with Gasteiger partial charge in [-0.3, -0.25) is 0 Å². The van der Waals surface area contributed by atoms with Crippen LogP contribution in [0.4, 0.5) is 0 Å². The predicted octanol–water partition coefficient (Wildman–Crippen LogP) is 5.11. The van der Waals surface area contributed by atoms with Crippen molar-refractivity contribution >= 4 is 38.5 Å². The molecule has 0 bridgehead atoms. The van der Waals surface area contributed by atoms with Gasteiger partial charge < -0.3 is 0 Å². The molecule has 0 aliphatic heterocycles. The van der Waals surface area contributed by atoms with E-state index in [1.807, 2.05) is 11.8 Å². The van der Waals surface area contributed by atoms with E-state index in [1.54, 1.807) is 0 Å². The predicted molar refractivity (Wildman–Crippen MR) is 77.7 cm³/mol. The van der Waals surface area contributed by atoms with Crippen LogP contribution in [0.15, 0.2) is 47.4 Å². The molecular formula is C14H15BrS. The molecule has 84 valence electrons. The van der Waals surface area contributed by atoms with E-state index in [9.17, 15) is 0 Å². The van der Waals surface area contributed by atoms with Gasteiger partial charge in [0.15, 0.2) is 0 Å². The van der Waals surface area contributed by atoms with E-state index in [1.165, 1.54) is 34.3 Å². The summed E-state index contributed by atoms with van der Waals surface area (Å²) >= 11 is 5.41. The lowest BCUT2D eigenvalue weighted by Gasteiger charge is -2.03. The highest BCUT2D eigenvalue weighted by Crippen LogP contribution is 2.24. The summed E-state index contributed by atoms with van der Waals surface area (Å²) in [5.41, 5.74) is 0. The summed E-state index contributed by atoms with van der Waals surface area (Å²) in [5, 5.41) is 3.78. The molecule has 0 aliphatic carbocycles. The number of benzene rings is 2. The lowest BCUT2D eigenvalue weighted by Crippen LogP contribution is -1.82. The molecule has 0 saturated carbocycles. The molecule has 0 aromatic heterocycles. The molecule has 2 heteroatoms. The number of thioether (sulfide) groups is 1. The first-order valence-corrected chi connectivity index (χ1v) is 7.68. The molecule has 0 fully saturated rings. The Kier molecular flexibility index (Phi) is 4.73. The molecule has 2 rings (SSSR count). The topological polar surface area (TPSA) is 0 Å². The van der Waals surface area contributed by atoms with Crippen molar-refractivity contribution in [3.8, 4) is 0 Å². The molecule has 2 aromatic carbocycles. The summed E-state index contributed by atoms with van der Waals surface area (Å²) < 4.78 is 0. The fourth-order valence-electron chi connectivity index (χ4n) is 1.64. The minimum atomic E-state index is 1.12. The Bertz CT molecular complexity index is 453. The van der Waals surface area contributed by atoms with Gasteiger partial charge in [0.2, 0.25) is 0 Å². The van der Waals surface area contributed by atoms with Gasteiger partial charge in [-0.25, -0.2) is 0 Å². The molecule has 2 aromatic rings. The second-order valence-corrected chi connectivity index (χ2v) is 5.71. The summed E-state index contributed by atoms with van der Waals surface area (Å²) in [5.74, 6) is 1.21. The van der Waals surface area contributed by atoms with Crippen molar-refractivity contribution in [1.29, 1.82) is 0 Å². The third-order valence-electron chi connectivity index (χ3n) is 2.52. The number of alkyl halides is 1. The van der Waals surface area contributed by atoms with E-state index in [0.29, 0.717) is 0 Å². The average molecular weight is 295 g/mol. The van der Waals surface area contributed by atoms with Gasteiger partial charge in [0.25, 0.3) is 0 Å². The van der Waals surface area contributed by atoms with Gasteiger partial charge in [-0.15, -0.1) is 11.8 Å². The van der Waals surface area contributed by atoms with Crippen LogP contribution in [-0.4, -0.2) is 11.1 Å². The van der Waals surface area contributed by atoms with Crippen molar-refractivity contribution in [2.24, 2.45) is 0 Å². The van der Waals surface area contributed by atoms with E-state index < -0.39 is 0 Å². The number of halogens is 1. The Morgan fingerprint density at radius 2 is 1.75 bits per heavy atom. The lowest BCUT2D eigenvalue weighted by atomic mass is 10.1. The highest BCUT2D eigenvalue weighted by molar-refractivity contribution is 9.09. The fraction of sp³-hybridized carbons (Fsp3) is 0.286. The maximum Gasteiger partial charge on any atom is 0.00783 e. The SMILES string of the molecule is BrCCCCSc1ccc2ccccc2c1. The van der Waals surface area contributed by atoms with Gasteiger partial charge in [-0.2, -0.15) is 0 Å². The zero-order valence-corrected chi connectivity index (χ0v) is 11.6. The van der Waals surface area contributed by atoms with E-state index >= 15 is 0 Å². The van der Waals surface area contributed by atoms with E-state index in [2.05, 4.69) is 58.4 Å². The summed E-state index contributed by atoms with van der Waals surface area (Å²) in [4.78, 5) is 1.38. The molecule has 0 N–H and O–H groups in total. The average Bonchev–Trinajstić information content (AvgIpc) is 2.34. The monoisotopic (exact) mass is 294 g/mol. The second kappa shape index (κ2) is 6.31. The minimum absolute atomic E-state index is 1.12. The van der Waals surface area contributed by atoms with E-state index in [-0.39, 0.29) is 0 Å². The minimum Gasteiger partial charge on any atom is -0.126 e. The third-order valence-corrected chi connectivity index (χ3v) is 4.16. The number of rotatable bonds is 5. The Morgan fingerprint density at radius 3 is 2.56 bits per heavy atom. The standard InChI is InChI=1S/C14H15BrS/c15-9-3-4-10-16-14-8-7-12-5-1-2-6-13(12)11-14/h1-2,5-8,11H,3-4,9-10H2. The van der Waals surface area contributed by atoms with Crippen molar-refractivity contribution < 1.29 is 0 Å². The molecular weight excluding hydrogens is 280 g/mol. The number of fused-ring (bicyclic) bond motifs is 1. The van der Waals surface area contributed by atoms with Crippen LogP contribution in [-0.2, 0) is 0 Å². The van der Waals surface area contributed by atoms with Crippen molar-refractivity contribution in [2.45, 2.75) is 17.7 Å². The molecule has 0 nitrogen and oxygen atoms in total. The summed E-state index contributed by atoms with van der Waals surface area (Å²) in [6.45, 7) is 0. The molecule has 0 heterocycles. The van der Waals surface area contributed by atoms with Gasteiger partial charge >= 0.3 is 0 Å². The first-order chi connectivity index (χ1) is 7.90. The van der Waals surface area contributed by atoms with Crippen molar-refractivity contribution in [1.82, 2.24) is 0 Å². The molecule has 16 heavy (non-hydrogen) atoms. The molecule has 0 aliphatic rings. The van der Waals surface area contributed by atoms with Crippen LogP contribution in [0.1, 0.15) is 12.8 Å². The molecule has 0 unspecified atom stereocenters. The van der Waals surface area contributed by atoms with Gasteiger partial charge in [-0.1, -0.05) is 46.3 Å². The van der Waals surface area contributed by atoms with Crippen LogP contribution in [0.2, 0.25) is 0 Å². The van der Waals surface area contributed by atoms with E-state index in [0.717, 1.165) is 5.33 Å². The molecule has 0 atom stereocenters. The maximum atomic E-state index is 3.46. The summed E-state index contributed by atoms with van der Waals surface area (Å²) in [7, 11) is 0. The van der Waals surface area contributed by atoms with Crippen LogP contribution in [0.5, 0.6) is 0 Å². The summed E-state index contributed by atoms with van der Waals surface area (Å²) in [6, 6.07) is 15.2. The Balaban J connectivity index is 2.02. The van der Waals surface area contributed by atoms with Gasteiger partial charge in [-0.05, 0) is 41.5 Å².